The second-order valence-corrected chi connectivity index (χ2v) is 7.36. The lowest BCUT2D eigenvalue weighted by Crippen LogP contribution is -2.17. The monoisotopic (exact) mass is 451 g/mol. The summed E-state index contributed by atoms with van der Waals surface area (Å²) < 4.78 is 12.3. The van der Waals surface area contributed by atoms with E-state index in [-0.39, 0.29) is 11.8 Å². The summed E-state index contributed by atoms with van der Waals surface area (Å²) >= 11 is 0. The summed E-state index contributed by atoms with van der Waals surface area (Å²) in [5.41, 5.74) is 5.80. The first-order valence-electron chi connectivity index (χ1n) is 10.8. The van der Waals surface area contributed by atoms with Crippen molar-refractivity contribution in [2.24, 2.45) is 5.10 Å². The molecule has 0 unspecified atom stereocenters. The number of oxazole rings is 1. The van der Waals surface area contributed by atoms with Crippen molar-refractivity contribution in [3.8, 4) is 22.9 Å². The molecule has 0 spiro atoms. The average molecular weight is 451 g/mol. The molecule has 0 aliphatic heterocycles. The van der Waals surface area contributed by atoms with E-state index in [1.807, 2.05) is 72.4 Å². The number of carbonyl (C=O) groups excluding carboxylic acids is 1. The summed E-state index contributed by atoms with van der Waals surface area (Å²) in [4.78, 5) is 16.2. The third-order valence-corrected chi connectivity index (χ3v) is 5.14. The van der Waals surface area contributed by atoms with E-state index in [2.05, 4.69) is 33.7 Å². The Morgan fingerprint density at radius 1 is 1.09 bits per heavy atom. The number of nitrogens with one attached hydrogen (secondary N) is 1. The van der Waals surface area contributed by atoms with E-state index < -0.39 is 5.91 Å². The van der Waals surface area contributed by atoms with E-state index in [9.17, 15) is 4.79 Å². The fourth-order valence-corrected chi connectivity index (χ4v) is 3.62. The van der Waals surface area contributed by atoms with Crippen molar-refractivity contribution in [1.82, 2.24) is 20.2 Å². The molecule has 8 nitrogen and oxygen atoms in total. The number of fused-ring (bicyclic) bond motifs is 1. The van der Waals surface area contributed by atoms with Crippen LogP contribution in [0.4, 0.5) is 0 Å². The summed E-state index contributed by atoms with van der Waals surface area (Å²) in [6, 6.07) is 24.1. The van der Waals surface area contributed by atoms with E-state index in [1.165, 1.54) is 6.20 Å². The number of carbonyl (C=O) groups is 1. The molecule has 5 rings (SSSR count). The number of hydrazone groups is 1. The number of ether oxygens (including phenoxy) is 1. The van der Waals surface area contributed by atoms with Gasteiger partial charge in [-0.25, -0.2) is 15.1 Å². The minimum atomic E-state index is -0.579. The maximum absolute atomic E-state index is 12.3. The van der Waals surface area contributed by atoms with E-state index in [0.717, 1.165) is 33.3 Å². The van der Waals surface area contributed by atoms with Crippen molar-refractivity contribution < 1.29 is 13.9 Å². The molecule has 34 heavy (non-hydrogen) atoms. The molecule has 8 heteroatoms. The molecule has 5 aromatic rings. The van der Waals surface area contributed by atoms with Gasteiger partial charge in [-0.2, -0.15) is 10.2 Å². The molecule has 0 radical (unpaired) electrons. The summed E-state index contributed by atoms with van der Waals surface area (Å²) in [5, 5.41) is 11.2. The quantitative estimate of drug-likeness (QED) is 0.282. The van der Waals surface area contributed by atoms with Gasteiger partial charge in [-0.3, -0.25) is 4.79 Å². The van der Waals surface area contributed by atoms with E-state index >= 15 is 0 Å². The van der Waals surface area contributed by atoms with Crippen molar-refractivity contribution in [1.29, 1.82) is 0 Å². The Morgan fingerprint density at radius 2 is 1.88 bits per heavy atom. The highest BCUT2D eigenvalue weighted by molar-refractivity contribution is 5.94. The van der Waals surface area contributed by atoms with E-state index in [1.54, 1.807) is 6.21 Å². The fraction of sp³-hybridized carbons (Fsp3) is 0.0769. The maximum Gasteiger partial charge on any atom is 0.327 e. The SMILES string of the molecule is CCOc1cnc(C(=O)NN=Cc2cn(-c3cccc4ccccc34)nc2-c2ccccc2)o1. The third kappa shape index (κ3) is 4.29. The Kier molecular flexibility index (Phi) is 5.85. The van der Waals surface area contributed by atoms with E-state index in [0.29, 0.717) is 6.61 Å². The lowest BCUT2D eigenvalue weighted by atomic mass is 10.1. The highest BCUT2D eigenvalue weighted by Gasteiger charge is 2.15. The molecular weight excluding hydrogens is 430 g/mol. The number of nitrogens with zero attached hydrogens (tertiary/aromatic N) is 4. The van der Waals surface area contributed by atoms with Crippen LogP contribution < -0.4 is 10.2 Å². The van der Waals surface area contributed by atoms with Gasteiger partial charge in [0.1, 0.15) is 11.9 Å². The average Bonchev–Trinajstić information content (AvgIpc) is 3.52. The molecule has 2 heterocycles. The molecule has 1 N–H and O–H groups in total. The van der Waals surface area contributed by atoms with Crippen LogP contribution in [0.15, 0.2) is 94.7 Å². The van der Waals surface area contributed by atoms with Crippen LogP contribution in [0.2, 0.25) is 0 Å². The summed E-state index contributed by atoms with van der Waals surface area (Å²) in [5.74, 6) is -0.528. The predicted octanol–water partition coefficient (Wildman–Crippen LogP) is 4.84. The molecule has 0 fully saturated rings. The van der Waals surface area contributed by atoms with Crippen molar-refractivity contribution in [3.05, 3.63) is 96.6 Å². The molecule has 1 amide bonds. The van der Waals surface area contributed by atoms with Gasteiger partial charge in [0, 0.05) is 22.7 Å². The highest BCUT2D eigenvalue weighted by Crippen LogP contribution is 2.26. The fourth-order valence-electron chi connectivity index (χ4n) is 3.62. The van der Waals surface area contributed by atoms with Gasteiger partial charge in [0.15, 0.2) is 0 Å². The van der Waals surface area contributed by atoms with Crippen LogP contribution in [0.3, 0.4) is 0 Å². The van der Waals surface area contributed by atoms with Gasteiger partial charge in [-0.05, 0) is 18.4 Å². The van der Waals surface area contributed by atoms with Gasteiger partial charge < -0.3 is 9.15 Å². The van der Waals surface area contributed by atoms with Crippen molar-refractivity contribution in [2.45, 2.75) is 6.92 Å². The molecule has 0 saturated carbocycles. The van der Waals surface area contributed by atoms with Crippen LogP contribution in [-0.4, -0.2) is 33.5 Å². The molecule has 3 aromatic carbocycles. The Labute approximate surface area is 195 Å². The topological polar surface area (TPSA) is 94.5 Å². The first-order chi connectivity index (χ1) is 16.7. The summed E-state index contributed by atoms with van der Waals surface area (Å²) in [6.07, 6.45) is 4.79. The van der Waals surface area contributed by atoms with Crippen LogP contribution in [0.5, 0.6) is 5.95 Å². The molecule has 0 atom stereocenters. The lowest BCUT2D eigenvalue weighted by molar-refractivity contribution is 0.0912. The zero-order valence-corrected chi connectivity index (χ0v) is 18.4. The van der Waals surface area contributed by atoms with Crippen LogP contribution in [0.1, 0.15) is 23.2 Å². The number of aromatic nitrogens is 3. The Bertz CT molecular complexity index is 1470. The molecular formula is C26H21N5O3. The second-order valence-electron chi connectivity index (χ2n) is 7.36. The zero-order chi connectivity index (χ0) is 23.3. The van der Waals surface area contributed by atoms with Gasteiger partial charge in [0.05, 0.1) is 18.5 Å². The first-order valence-corrected chi connectivity index (χ1v) is 10.8. The van der Waals surface area contributed by atoms with Crippen molar-refractivity contribution in [2.75, 3.05) is 6.61 Å². The number of hydrogen-bond acceptors (Lipinski definition) is 6. The number of benzene rings is 3. The smallest absolute Gasteiger partial charge is 0.327 e. The second kappa shape index (κ2) is 9.41. The Morgan fingerprint density at radius 3 is 2.74 bits per heavy atom. The van der Waals surface area contributed by atoms with E-state index in [4.69, 9.17) is 14.3 Å². The van der Waals surface area contributed by atoms with Crippen LogP contribution in [-0.2, 0) is 0 Å². The Hall–Kier alpha value is -4.72. The van der Waals surface area contributed by atoms with Crippen molar-refractivity contribution in [3.63, 3.8) is 0 Å². The minimum absolute atomic E-state index is 0.129. The standard InChI is InChI=1S/C26H21N5O3/c1-2-33-23-16-27-26(34-23)25(32)29-28-15-20-17-31(30-24(20)19-10-4-3-5-11-19)22-14-8-12-18-9-6-7-13-21(18)22/h3-17H,2H2,1H3,(H,29,32). The van der Waals surface area contributed by atoms with Crippen LogP contribution in [0, 0.1) is 0 Å². The third-order valence-electron chi connectivity index (χ3n) is 5.14. The first kappa shape index (κ1) is 21.1. The molecule has 0 saturated heterocycles. The minimum Gasteiger partial charge on any atom is -0.464 e. The van der Waals surface area contributed by atoms with Gasteiger partial charge in [-0.15, -0.1) is 0 Å². The zero-order valence-electron chi connectivity index (χ0n) is 18.4. The molecule has 2 aromatic heterocycles. The molecule has 0 bridgehead atoms. The molecule has 0 aliphatic carbocycles. The Balaban J connectivity index is 1.47. The van der Waals surface area contributed by atoms with Gasteiger partial charge >= 0.3 is 11.9 Å². The normalized spacial score (nSPS) is 11.2. The lowest BCUT2D eigenvalue weighted by Gasteiger charge is -2.06. The maximum atomic E-state index is 12.3. The van der Waals surface area contributed by atoms with Crippen LogP contribution >= 0.6 is 0 Å². The molecule has 0 aliphatic rings. The van der Waals surface area contributed by atoms with Crippen molar-refractivity contribution >= 4 is 22.9 Å². The van der Waals surface area contributed by atoms with Gasteiger partial charge in [0.2, 0.25) is 0 Å². The molecule has 168 valence electrons. The van der Waals surface area contributed by atoms with Gasteiger partial charge in [0.25, 0.3) is 5.89 Å². The number of rotatable bonds is 7. The summed E-state index contributed by atoms with van der Waals surface area (Å²) in [7, 11) is 0. The highest BCUT2D eigenvalue weighted by atomic mass is 16.6. The summed E-state index contributed by atoms with van der Waals surface area (Å²) in [6.45, 7) is 2.23. The number of amides is 1. The largest absolute Gasteiger partial charge is 0.464 e. The van der Waals surface area contributed by atoms with Gasteiger partial charge in [-0.1, -0.05) is 66.7 Å². The van der Waals surface area contributed by atoms with Crippen LogP contribution in [0.25, 0.3) is 27.7 Å². The number of hydrogen-bond donors (Lipinski definition) is 1. The predicted molar refractivity (Wildman–Crippen MR) is 129 cm³/mol.